The maximum atomic E-state index is 10.8. The average Bonchev–Trinajstić information content (AvgIpc) is 2.41. The molecular weight excluding hydrogens is 324 g/mol. The maximum Gasteiger partial charge on any atom is 0.271 e. The Labute approximate surface area is 124 Å². The van der Waals surface area contributed by atoms with Gasteiger partial charge in [-0.15, -0.1) is 0 Å². The van der Waals surface area contributed by atoms with Crippen LogP contribution in [-0.4, -0.2) is 10.0 Å². The van der Waals surface area contributed by atoms with Crippen LogP contribution in [0, 0.1) is 17.0 Å². The predicted molar refractivity (Wildman–Crippen MR) is 81.0 cm³/mol. The van der Waals surface area contributed by atoms with Crippen LogP contribution in [0.15, 0.2) is 40.9 Å². The van der Waals surface area contributed by atoms with E-state index in [9.17, 15) is 15.2 Å². The summed E-state index contributed by atoms with van der Waals surface area (Å²) in [4.78, 5) is 10.3. The van der Waals surface area contributed by atoms with Crippen molar-refractivity contribution >= 4 is 27.3 Å². The van der Waals surface area contributed by atoms with E-state index in [0.717, 1.165) is 15.6 Å². The third kappa shape index (κ3) is 3.27. The van der Waals surface area contributed by atoms with Gasteiger partial charge in [-0.1, -0.05) is 17.7 Å². The average molecular weight is 337 g/mol. The van der Waals surface area contributed by atoms with Gasteiger partial charge in [-0.3, -0.25) is 10.1 Å². The number of aromatic hydroxyl groups is 1. The highest BCUT2D eigenvalue weighted by Gasteiger charge is 2.10. The monoisotopic (exact) mass is 336 g/mol. The molecule has 0 fully saturated rings. The number of benzene rings is 2. The van der Waals surface area contributed by atoms with Gasteiger partial charge in [-0.2, -0.15) is 0 Å². The van der Waals surface area contributed by atoms with E-state index in [4.69, 9.17) is 0 Å². The van der Waals surface area contributed by atoms with Gasteiger partial charge in [0.15, 0.2) is 0 Å². The van der Waals surface area contributed by atoms with Crippen molar-refractivity contribution in [3.63, 3.8) is 0 Å². The number of aryl methyl sites for hydroxylation is 1. The summed E-state index contributed by atoms with van der Waals surface area (Å²) >= 11 is 3.34. The Morgan fingerprint density at radius 2 is 2.05 bits per heavy atom. The Balaban J connectivity index is 2.20. The zero-order valence-corrected chi connectivity index (χ0v) is 12.3. The molecule has 0 amide bonds. The normalized spacial score (nSPS) is 10.3. The SMILES string of the molecule is Cc1ccc(O)c(CNc2cc([N+](=O)[O-])ccc2Br)c1. The summed E-state index contributed by atoms with van der Waals surface area (Å²) in [7, 11) is 0. The number of phenolic OH excluding ortho intramolecular Hbond substituents is 1. The minimum atomic E-state index is -0.443. The quantitative estimate of drug-likeness (QED) is 0.654. The molecule has 0 heterocycles. The van der Waals surface area contributed by atoms with E-state index in [2.05, 4.69) is 21.2 Å². The van der Waals surface area contributed by atoms with E-state index in [1.807, 2.05) is 19.1 Å². The molecule has 20 heavy (non-hydrogen) atoms. The minimum absolute atomic E-state index is 0.0177. The molecule has 0 spiro atoms. The molecule has 2 aromatic rings. The molecule has 6 heteroatoms. The van der Waals surface area contributed by atoms with E-state index < -0.39 is 4.92 Å². The molecule has 0 aliphatic heterocycles. The largest absolute Gasteiger partial charge is 0.508 e. The third-order valence-electron chi connectivity index (χ3n) is 2.87. The molecule has 0 aromatic heterocycles. The van der Waals surface area contributed by atoms with Gasteiger partial charge >= 0.3 is 0 Å². The molecule has 0 aliphatic carbocycles. The summed E-state index contributed by atoms with van der Waals surface area (Å²) in [6.45, 7) is 2.32. The zero-order chi connectivity index (χ0) is 14.7. The third-order valence-corrected chi connectivity index (χ3v) is 3.56. The van der Waals surface area contributed by atoms with Crippen LogP contribution in [0.5, 0.6) is 5.75 Å². The molecule has 104 valence electrons. The van der Waals surface area contributed by atoms with Crippen LogP contribution in [0.4, 0.5) is 11.4 Å². The van der Waals surface area contributed by atoms with Gasteiger partial charge in [0.25, 0.3) is 5.69 Å². The first-order chi connectivity index (χ1) is 9.47. The molecule has 0 saturated heterocycles. The summed E-state index contributed by atoms with van der Waals surface area (Å²) in [5.74, 6) is 0.199. The first kappa shape index (κ1) is 14.3. The Hall–Kier alpha value is -2.08. The van der Waals surface area contributed by atoms with Crippen molar-refractivity contribution in [2.75, 3.05) is 5.32 Å². The van der Waals surface area contributed by atoms with E-state index in [1.165, 1.54) is 12.1 Å². The molecule has 0 atom stereocenters. The molecule has 0 unspecified atom stereocenters. The van der Waals surface area contributed by atoms with Crippen LogP contribution < -0.4 is 5.32 Å². The second kappa shape index (κ2) is 5.92. The molecule has 0 bridgehead atoms. The van der Waals surface area contributed by atoms with Gasteiger partial charge in [-0.05, 0) is 35.0 Å². The highest BCUT2D eigenvalue weighted by molar-refractivity contribution is 9.10. The maximum absolute atomic E-state index is 10.8. The number of rotatable bonds is 4. The molecule has 0 saturated carbocycles. The smallest absolute Gasteiger partial charge is 0.271 e. The van der Waals surface area contributed by atoms with Crippen LogP contribution in [-0.2, 0) is 6.54 Å². The number of phenols is 1. The molecule has 0 radical (unpaired) electrons. The topological polar surface area (TPSA) is 75.4 Å². The fourth-order valence-corrected chi connectivity index (χ4v) is 2.20. The molecular formula is C14H13BrN2O3. The lowest BCUT2D eigenvalue weighted by atomic mass is 10.1. The standard InChI is InChI=1S/C14H13BrN2O3/c1-9-2-5-14(18)10(6-9)8-16-13-7-11(17(19)20)3-4-12(13)15/h2-7,16,18H,8H2,1H3. The molecule has 0 aliphatic rings. The van der Waals surface area contributed by atoms with Crippen molar-refractivity contribution in [1.82, 2.24) is 0 Å². The molecule has 2 rings (SSSR count). The lowest BCUT2D eigenvalue weighted by Crippen LogP contribution is -2.01. The number of hydrogen-bond donors (Lipinski definition) is 2. The number of non-ortho nitro benzene ring substituents is 1. The number of halogens is 1. The molecule has 5 nitrogen and oxygen atoms in total. The predicted octanol–water partition coefficient (Wildman–Crippen LogP) is 3.98. The van der Waals surface area contributed by atoms with Crippen LogP contribution in [0.25, 0.3) is 0 Å². The Morgan fingerprint density at radius 1 is 1.30 bits per heavy atom. The van der Waals surface area contributed by atoms with Crippen molar-refractivity contribution < 1.29 is 10.0 Å². The Morgan fingerprint density at radius 3 is 2.75 bits per heavy atom. The van der Waals surface area contributed by atoms with E-state index in [1.54, 1.807) is 12.1 Å². The molecule has 2 N–H and O–H groups in total. The number of nitrogens with zero attached hydrogens (tertiary/aromatic N) is 1. The summed E-state index contributed by atoms with van der Waals surface area (Å²) < 4.78 is 0.732. The van der Waals surface area contributed by atoms with Gasteiger partial charge in [-0.25, -0.2) is 0 Å². The van der Waals surface area contributed by atoms with E-state index in [0.29, 0.717) is 12.2 Å². The number of anilines is 1. The zero-order valence-electron chi connectivity index (χ0n) is 10.8. The minimum Gasteiger partial charge on any atom is -0.508 e. The van der Waals surface area contributed by atoms with E-state index >= 15 is 0 Å². The number of nitro groups is 1. The highest BCUT2D eigenvalue weighted by Crippen LogP contribution is 2.28. The number of nitrogens with one attached hydrogen (secondary N) is 1. The van der Waals surface area contributed by atoms with Crippen LogP contribution in [0.3, 0.4) is 0 Å². The van der Waals surface area contributed by atoms with Crippen molar-refractivity contribution in [2.24, 2.45) is 0 Å². The first-order valence-electron chi connectivity index (χ1n) is 5.93. The number of hydrogen-bond acceptors (Lipinski definition) is 4. The van der Waals surface area contributed by atoms with Gasteiger partial charge in [0.1, 0.15) is 5.75 Å². The summed E-state index contributed by atoms with van der Waals surface area (Å²) in [5, 5.41) is 23.6. The van der Waals surface area contributed by atoms with Gasteiger partial charge in [0, 0.05) is 28.7 Å². The lowest BCUT2D eigenvalue weighted by molar-refractivity contribution is -0.384. The number of nitro benzene ring substituents is 1. The Kier molecular flexibility index (Phi) is 4.24. The van der Waals surface area contributed by atoms with Crippen molar-refractivity contribution in [3.8, 4) is 5.75 Å². The van der Waals surface area contributed by atoms with Gasteiger partial charge in [0.2, 0.25) is 0 Å². The van der Waals surface area contributed by atoms with Crippen molar-refractivity contribution in [3.05, 3.63) is 62.1 Å². The second-order valence-corrected chi connectivity index (χ2v) is 5.26. The van der Waals surface area contributed by atoms with Crippen LogP contribution in [0.1, 0.15) is 11.1 Å². The first-order valence-corrected chi connectivity index (χ1v) is 6.73. The summed E-state index contributed by atoms with van der Waals surface area (Å²) in [6.07, 6.45) is 0. The molecule has 2 aromatic carbocycles. The fourth-order valence-electron chi connectivity index (χ4n) is 1.81. The highest BCUT2D eigenvalue weighted by atomic mass is 79.9. The second-order valence-electron chi connectivity index (χ2n) is 4.41. The fraction of sp³-hybridized carbons (Fsp3) is 0.143. The Bertz CT molecular complexity index is 659. The van der Waals surface area contributed by atoms with Gasteiger partial charge < -0.3 is 10.4 Å². The summed E-state index contributed by atoms with van der Waals surface area (Å²) in [6, 6.07) is 9.83. The van der Waals surface area contributed by atoms with E-state index in [-0.39, 0.29) is 11.4 Å². The van der Waals surface area contributed by atoms with Crippen molar-refractivity contribution in [2.45, 2.75) is 13.5 Å². The van der Waals surface area contributed by atoms with Gasteiger partial charge in [0.05, 0.1) is 10.6 Å². The van der Waals surface area contributed by atoms with Crippen LogP contribution in [0.2, 0.25) is 0 Å². The summed E-state index contributed by atoms with van der Waals surface area (Å²) in [5.41, 5.74) is 2.41. The van der Waals surface area contributed by atoms with Crippen LogP contribution >= 0.6 is 15.9 Å². The lowest BCUT2D eigenvalue weighted by Gasteiger charge is -2.10. The van der Waals surface area contributed by atoms with Crippen molar-refractivity contribution in [1.29, 1.82) is 0 Å².